The van der Waals surface area contributed by atoms with E-state index in [1.165, 1.54) is 10.4 Å². The fourth-order valence-electron chi connectivity index (χ4n) is 2.83. The predicted octanol–water partition coefficient (Wildman–Crippen LogP) is 2.90. The van der Waals surface area contributed by atoms with E-state index < -0.39 is 15.8 Å². The van der Waals surface area contributed by atoms with Crippen molar-refractivity contribution in [1.82, 2.24) is 4.31 Å². The van der Waals surface area contributed by atoms with Gasteiger partial charge >= 0.3 is 0 Å². The molecule has 0 unspecified atom stereocenters. The Kier molecular flexibility index (Phi) is 4.35. The largest absolute Gasteiger partial charge is 0.243 e. The summed E-state index contributed by atoms with van der Waals surface area (Å²) in [6.45, 7) is 5.11. The summed E-state index contributed by atoms with van der Waals surface area (Å²) in [7, 11) is -3.66. The molecule has 0 spiro atoms. The molecule has 1 aliphatic heterocycles. The van der Waals surface area contributed by atoms with Crippen LogP contribution in [0.15, 0.2) is 23.1 Å². The number of benzene rings is 1. The van der Waals surface area contributed by atoms with Crippen LogP contribution >= 0.6 is 0 Å². The number of hydrogen-bond acceptors (Lipinski definition) is 3. The lowest BCUT2D eigenvalue weighted by Crippen LogP contribution is -2.32. The van der Waals surface area contributed by atoms with Crippen LogP contribution in [0.5, 0.6) is 0 Å². The first-order valence-electron chi connectivity index (χ1n) is 7.08. The van der Waals surface area contributed by atoms with E-state index >= 15 is 0 Å². The molecule has 0 saturated carbocycles. The fourth-order valence-corrected chi connectivity index (χ4v) is 4.41. The Bertz CT molecular complexity index is 675. The summed E-state index contributed by atoms with van der Waals surface area (Å²) in [4.78, 5) is -0.0107. The summed E-state index contributed by atoms with van der Waals surface area (Å²) in [5.41, 5.74) is -0.210. The van der Waals surface area contributed by atoms with E-state index in [-0.39, 0.29) is 15.9 Å². The van der Waals surface area contributed by atoms with Gasteiger partial charge < -0.3 is 0 Å². The Hall–Kier alpha value is -1.45. The Morgan fingerprint density at radius 1 is 1.38 bits per heavy atom. The van der Waals surface area contributed by atoms with Crippen LogP contribution in [0.4, 0.5) is 4.39 Å². The molecule has 4 nitrogen and oxygen atoms in total. The molecule has 0 atom stereocenters. The minimum atomic E-state index is -3.66. The molecule has 1 aliphatic rings. The van der Waals surface area contributed by atoms with Gasteiger partial charge in [0.25, 0.3) is 0 Å². The summed E-state index contributed by atoms with van der Waals surface area (Å²) in [5.74, 6) is -0.700. The molecule has 1 fully saturated rings. The number of sulfonamides is 1. The van der Waals surface area contributed by atoms with Crippen molar-refractivity contribution in [3.8, 4) is 6.07 Å². The minimum Gasteiger partial charge on any atom is -0.207 e. The van der Waals surface area contributed by atoms with Crippen LogP contribution < -0.4 is 0 Å². The van der Waals surface area contributed by atoms with Crippen molar-refractivity contribution in [1.29, 1.82) is 5.26 Å². The van der Waals surface area contributed by atoms with Crippen molar-refractivity contribution in [3.05, 3.63) is 29.6 Å². The third-order valence-corrected chi connectivity index (χ3v) is 6.44. The molecule has 0 aliphatic carbocycles. The summed E-state index contributed by atoms with van der Waals surface area (Å²) < 4.78 is 40.0. The Morgan fingerprint density at radius 3 is 2.57 bits per heavy atom. The molecule has 6 heteroatoms. The number of hydrogen-bond donors (Lipinski definition) is 0. The van der Waals surface area contributed by atoms with Crippen molar-refractivity contribution >= 4 is 10.0 Å². The van der Waals surface area contributed by atoms with Crippen LogP contribution in [0.1, 0.15) is 38.7 Å². The van der Waals surface area contributed by atoms with E-state index in [1.54, 1.807) is 6.07 Å². The average Bonchev–Trinajstić information content (AvgIpc) is 2.93. The maximum atomic E-state index is 13.3. The maximum Gasteiger partial charge on any atom is 0.243 e. The van der Waals surface area contributed by atoms with Crippen LogP contribution in [0, 0.1) is 22.6 Å². The van der Waals surface area contributed by atoms with Crippen molar-refractivity contribution in [2.75, 3.05) is 13.1 Å². The summed E-state index contributed by atoms with van der Waals surface area (Å²) in [6.07, 6.45) is 2.70. The van der Waals surface area contributed by atoms with E-state index in [0.717, 1.165) is 31.4 Å². The quantitative estimate of drug-likeness (QED) is 0.859. The van der Waals surface area contributed by atoms with E-state index in [4.69, 9.17) is 5.26 Å². The van der Waals surface area contributed by atoms with Gasteiger partial charge in [0.1, 0.15) is 11.9 Å². The van der Waals surface area contributed by atoms with Gasteiger partial charge in [-0.1, -0.05) is 13.8 Å². The lowest BCUT2D eigenvalue weighted by Gasteiger charge is -2.26. The Balaban J connectivity index is 2.34. The lowest BCUT2D eigenvalue weighted by molar-refractivity contribution is 0.279. The molecule has 0 amide bonds. The minimum absolute atomic E-state index is 0.0107. The first kappa shape index (κ1) is 15.9. The molecule has 1 saturated heterocycles. The van der Waals surface area contributed by atoms with Gasteiger partial charge in [0.05, 0.1) is 10.5 Å². The van der Waals surface area contributed by atoms with Gasteiger partial charge in [-0.05, 0) is 42.9 Å². The molecule has 0 N–H and O–H groups in total. The normalized spacial score (nSPS) is 18.6. The topological polar surface area (TPSA) is 61.2 Å². The van der Waals surface area contributed by atoms with Crippen molar-refractivity contribution in [3.63, 3.8) is 0 Å². The second-order valence-corrected chi connectivity index (χ2v) is 7.49. The highest BCUT2D eigenvalue weighted by Gasteiger charge is 2.40. The zero-order chi connectivity index (χ0) is 15.7. The molecule has 1 aromatic rings. The highest BCUT2D eigenvalue weighted by molar-refractivity contribution is 7.89. The number of rotatable bonds is 4. The van der Waals surface area contributed by atoms with Gasteiger partial charge in [-0.25, -0.2) is 12.8 Å². The molecular weight excluding hydrogens is 291 g/mol. The number of nitrogens with zero attached hydrogens (tertiary/aromatic N) is 2. The number of halogens is 1. The van der Waals surface area contributed by atoms with Gasteiger partial charge in [-0.15, -0.1) is 0 Å². The second-order valence-electron chi connectivity index (χ2n) is 5.55. The second kappa shape index (κ2) is 5.74. The molecular formula is C15H19FN2O2S. The third-order valence-electron chi connectivity index (χ3n) is 4.60. The van der Waals surface area contributed by atoms with E-state index in [2.05, 4.69) is 13.8 Å². The maximum absolute atomic E-state index is 13.3. The van der Waals surface area contributed by atoms with E-state index in [1.807, 2.05) is 0 Å². The van der Waals surface area contributed by atoms with Crippen molar-refractivity contribution < 1.29 is 12.8 Å². The molecule has 114 valence electrons. The molecule has 21 heavy (non-hydrogen) atoms. The molecule has 1 aromatic carbocycles. The zero-order valence-corrected chi connectivity index (χ0v) is 13.1. The van der Waals surface area contributed by atoms with Crippen LogP contribution in [0.2, 0.25) is 0 Å². The molecule has 0 radical (unpaired) electrons. The van der Waals surface area contributed by atoms with Crippen LogP contribution in [0.3, 0.4) is 0 Å². The van der Waals surface area contributed by atoms with Gasteiger partial charge in [0.2, 0.25) is 10.0 Å². The molecule has 0 aromatic heterocycles. The zero-order valence-electron chi connectivity index (χ0n) is 12.3. The first-order chi connectivity index (χ1) is 9.88. The summed E-state index contributed by atoms with van der Waals surface area (Å²) >= 11 is 0. The molecule has 0 bridgehead atoms. The standard InChI is InChI=1S/C15H19FN2O2S/c1-3-15(4-2)7-8-18(11-15)21(19,20)13-5-6-14(16)12(9-13)10-17/h5-6,9H,3-4,7-8,11H2,1-2H3. The Morgan fingerprint density at radius 2 is 2.05 bits per heavy atom. The molecule has 2 rings (SSSR count). The summed E-state index contributed by atoms with van der Waals surface area (Å²) in [5, 5.41) is 8.83. The predicted molar refractivity (Wildman–Crippen MR) is 77.5 cm³/mol. The van der Waals surface area contributed by atoms with Crippen LogP contribution in [-0.2, 0) is 10.0 Å². The van der Waals surface area contributed by atoms with Gasteiger partial charge in [-0.3, -0.25) is 0 Å². The highest BCUT2D eigenvalue weighted by atomic mass is 32.2. The third kappa shape index (κ3) is 2.81. The van der Waals surface area contributed by atoms with Crippen molar-refractivity contribution in [2.45, 2.75) is 38.0 Å². The number of nitriles is 1. The van der Waals surface area contributed by atoms with E-state index in [9.17, 15) is 12.8 Å². The van der Waals surface area contributed by atoms with E-state index in [0.29, 0.717) is 13.1 Å². The first-order valence-corrected chi connectivity index (χ1v) is 8.52. The van der Waals surface area contributed by atoms with Gasteiger partial charge in [-0.2, -0.15) is 9.57 Å². The lowest BCUT2D eigenvalue weighted by atomic mass is 9.82. The van der Waals surface area contributed by atoms with Crippen molar-refractivity contribution in [2.24, 2.45) is 5.41 Å². The van der Waals surface area contributed by atoms with Gasteiger partial charge in [0.15, 0.2) is 0 Å². The highest BCUT2D eigenvalue weighted by Crippen LogP contribution is 2.39. The fraction of sp³-hybridized carbons (Fsp3) is 0.533. The van der Waals surface area contributed by atoms with Crippen LogP contribution in [-0.4, -0.2) is 25.8 Å². The Labute approximate surface area is 125 Å². The summed E-state index contributed by atoms with van der Waals surface area (Å²) in [6, 6.07) is 5.05. The van der Waals surface area contributed by atoms with Crippen LogP contribution in [0.25, 0.3) is 0 Å². The van der Waals surface area contributed by atoms with Gasteiger partial charge in [0, 0.05) is 13.1 Å². The SMILES string of the molecule is CCC1(CC)CCN(S(=O)(=O)c2ccc(F)c(C#N)c2)C1. The molecule has 1 heterocycles. The monoisotopic (exact) mass is 310 g/mol. The smallest absolute Gasteiger partial charge is 0.207 e. The average molecular weight is 310 g/mol.